The molecule has 4 rings (SSSR count). The summed E-state index contributed by atoms with van der Waals surface area (Å²) < 4.78 is 0. The van der Waals surface area contributed by atoms with Crippen LogP contribution in [0.4, 0.5) is 5.69 Å². The maximum atomic E-state index is 13.0. The minimum atomic E-state index is -0.0482. The molecule has 21 heavy (non-hydrogen) atoms. The Morgan fingerprint density at radius 1 is 1.19 bits per heavy atom. The molecule has 0 heterocycles. The van der Waals surface area contributed by atoms with E-state index >= 15 is 0 Å². The molecule has 3 aliphatic carbocycles. The van der Waals surface area contributed by atoms with Crippen molar-refractivity contribution in [3.63, 3.8) is 0 Å². The topological polar surface area (TPSA) is 37.4 Å². The number of rotatable bonds is 3. The largest absolute Gasteiger partial charge is 0.278 e. The van der Waals surface area contributed by atoms with E-state index in [9.17, 15) is 9.59 Å². The Morgan fingerprint density at radius 3 is 2.43 bits per heavy atom. The summed E-state index contributed by atoms with van der Waals surface area (Å²) in [4.78, 5) is 25.7. The molecule has 2 fully saturated rings. The number of amides is 2. The third-order valence-corrected chi connectivity index (χ3v) is 5.86. The summed E-state index contributed by atoms with van der Waals surface area (Å²) in [7, 11) is 0. The van der Waals surface area contributed by atoms with Gasteiger partial charge >= 0.3 is 0 Å². The number of carbonyl (C=O) groups is 2. The molecule has 3 heteroatoms. The van der Waals surface area contributed by atoms with Crippen LogP contribution in [0.3, 0.4) is 0 Å². The van der Waals surface area contributed by atoms with Gasteiger partial charge in [-0.3, -0.25) is 14.5 Å². The van der Waals surface area contributed by atoms with Gasteiger partial charge < -0.3 is 0 Å². The first-order chi connectivity index (χ1) is 10.2. The van der Waals surface area contributed by atoms with Crippen molar-refractivity contribution >= 4 is 18.0 Å². The van der Waals surface area contributed by atoms with Crippen molar-refractivity contribution in [1.29, 1.82) is 0 Å². The number of hydrogen-bond donors (Lipinski definition) is 0. The van der Waals surface area contributed by atoms with E-state index in [0.29, 0.717) is 35.3 Å². The molecule has 2 saturated carbocycles. The predicted octanol–water partition coefficient (Wildman–Crippen LogP) is 3.02. The van der Waals surface area contributed by atoms with Crippen LogP contribution in [0.25, 0.3) is 0 Å². The van der Waals surface area contributed by atoms with Gasteiger partial charge in [-0.15, -0.1) is 0 Å². The molecule has 2 bridgehead atoms. The zero-order valence-electron chi connectivity index (χ0n) is 12.1. The van der Waals surface area contributed by atoms with Crippen molar-refractivity contribution in [2.75, 3.05) is 4.90 Å². The molecular formula is C18H19NO2. The van der Waals surface area contributed by atoms with Crippen LogP contribution in [0, 0.1) is 29.1 Å². The zero-order valence-corrected chi connectivity index (χ0v) is 12.1. The molecule has 1 aromatic rings. The Morgan fingerprint density at radius 2 is 1.86 bits per heavy atom. The first-order valence-corrected chi connectivity index (χ1v) is 7.71. The lowest BCUT2D eigenvalue weighted by atomic mass is 9.83. The predicted molar refractivity (Wildman–Crippen MR) is 80.4 cm³/mol. The number of nitrogens with zero attached hydrogens (tertiary/aromatic N) is 1. The van der Waals surface area contributed by atoms with E-state index in [1.54, 1.807) is 0 Å². The van der Waals surface area contributed by atoms with Crippen LogP contribution in [-0.2, 0) is 9.59 Å². The van der Waals surface area contributed by atoms with Gasteiger partial charge in [0.25, 0.3) is 0 Å². The fourth-order valence-corrected chi connectivity index (χ4v) is 4.75. The second kappa shape index (κ2) is 4.30. The van der Waals surface area contributed by atoms with E-state index in [2.05, 4.69) is 19.1 Å². The summed E-state index contributed by atoms with van der Waals surface area (Å²) in [6.45, 7) is 2.17. The highest BCUT2D eigenvalue weighted by Gasteiger charge is 2.67. The van der Waals surface area contributed by atoms with Gasteiger partial charge in [-0.2, -0.15) is 0 Å². The summed E-state index contributed by atoms with van der Waals surface area (Å²) in [5.74, 6) is 1.11. The van der Waals surface area contributed by atoms with E-state index in [0.717, 1.165) is 0 Å². The lowest BCUT2D eigenvalue weighted by molar-refractivity contribution is -0.126. The molecule has 3 aliphatic rings. The molecule has 4 atom stereocenters. The van der Waals surface area contributed by atoms with E-state index < -0.39 is 0 Å². The summed E-state index contributed by atoms with van der Waals surface area (Å²) >= 11 is 0. The highest BCUT2D eigenvalue weighted by molar-refractivity contribution is 6.08. The third kappa shape index (κ3) is 1.60. The maximum Gasteiger partial charge on any atom is 0.237 e. The van der Waals surface area contributed by atoms with Crippen molar-refractivity contribution in [3.8, 4) is 0 Å². The van der Waals surface area contributed by atoms with Crippen LogP contribution in [0.2, 0.25) is 0 Å². The van der Waals surface area contributed by atoms with Gasteiger partial charge in [0.1, 0.15) is 0 Å². The molecule has 0 unspecified atom stereocenters. The number of hydrogen-bond acceptors (Lipinski definition) is 2. The quantitative estimate of drug-likeness (QED) is 0.631. The molecule has 3 nitrogen and oxygen atoms in total. The molecular weight excluding hydrogens is 262 g/mol. The van der Waals surface area contributed by atoms with E-state index in [-0.39, 0.29) is 11.8 Å². The molecule has 108 valence electrons. The lowest BCUT2D eigenvalue weighted by Crippen LogP contribution is -2.39. The van der Waals surface area contributed by atoms with Crippen LogP contribution in [-0.4, -0.2) is 12.3 Å². The Bertz CT molecular complexity index is 617. The molecule has 0 saturated heterocycles. The zero-order chi connectivity index (χ0) is 14.6. The molecule has 0 N–H and O–H groups in total. The molecule has 0 aliphatic heterocycles. The van der Waals surface area contributed by atoms with Crippen molar-refractivity contribution < 1.29 is 9.59 Å². The first-order valence-electron chi connectivity index (χ1n) is 7.71. The third-order valence-electron chi connectivity index (χ3n) is 5.86. The highest BCUT2D eigenvalue weighted by atomic mass is 16.2. The lowest BCUT2D eigenvalue weighted by Gasteiger charge is -2.27. The van der Waals surface area contributed by atoms with E-state index in [4.69, 9.17) is 0 Å². The molecule has 1 spiro atoms. The normalized spacial score (nSPS) is 34.1. The Kier molecular flexibility index (Phi) is 2.62. The van der Waals surface area contributed by atoms with Gasteiger partial charge in [0.15, 0.2) is 0 Å². The number of benzene rings is 1. The Hall–Kier alpha value is -1.90. The van der Waals surface area contributed by atoms with Crippen LogP contribution in [0.15, 0.2) is 42.5 Å². The second-order valence-corrected chi connectivity index (χ2v) is 6.70. The average Bonchev–Trinajstić information content (AvgIpc) is 3.16. The Balaban J connectivity index is 1.66. The smallest absolute Gasteiger partial charge is 0.237 e. The van der Waals surface area contributed by atoms with Crippen LogP contribution < -0.4 is 4.90 Å². The summed E-state index contributed by atoms with van der Waals surface area (Å²) in [5, 5.41) is 0. The molecule has 0 radical (unpaired) electrons. The fraction of sp³-hybridized carbons (Fsp3) is 0.444. The van der Waals surface area contributed by atoms with Gasteiger partial charge in [0.05, 0.1) is 5.69 Å². The Labute approximate surface area is 124 Å². The average molecular weight is 281 g/mol. The van der Waals surface area contributed by atoms with Gasteiger partial charge in [0, 0.05) is 5.92 Å². The van der Waals surface area contributed by atoms with Crippen LogP contribution >= 0.6 is 0 Å². The number of carbonyl (C=O) groups excluding carboxylic acids is 2. The monoisotopic (exact) mass is 281 g/mol. The van der Waals surface area contributed by atoms with Crippen molar-refractivity contribution in [3.05, 3.63) is 42.5 Å². The number of anilines is 1. The molecule has 2 amide bonds. The van der Waals surface area contributed by atoms with Crippen molar-refractivity contribution in [1.82, 2.24) is 0 Å². The van der Waals surface area contributed by atoms with E-state index in [1.807, 2.05) is 30.3 Å². The standard InChI is InChI=1S/C18H19NO2/c1-12-14-7-8-15(18(14)9-10-18)16(12)17(21)19(11-20)13-5-3-2-4-6-13/h2-8,11-12,14-16H,9-10H2,1H3/t12-,14+,15+,16+/m0/s1. The number of imide groups is 1. The fourth-order valence-electron chi connectivity index (χ4n) is 4.75. The minimum Gasteiger partial charge on any atom is -0.278 e. The van der Waals surface area contributed by atoms with Crippen molar-refractivity contribution in [2.45, 2.75) is 19.8 Å². The van der Waals surface area contributed by atoms with Gasteiger partial charge in [-0.1, -0.05) is 37.3 Å². The number of allylic oxidation sites excluding steroid dienone is 2. The first kappa shape index (κ1) is 12.8. The summed E-state index contributed by atoms with van der Waals surface area (Å²) in [6, 6.07) is 9.22. The summed E-state index contributed by atoms with van der Waals surface area (Å²) in [5.41, 5.74) is 1.02. The van der Waals surface area contributed by atoms with Gasteiger partial charge in [-0.05, 0) is 48.1 Å². The number of para-hydroxylation sites is 1. The second-order valence-electron chi connectivity index (χ2n) is 6.70. The van der Waals surface area contributed by atoms with Crippen LogP contribution in [0.5, 0.6) is 0 Å². The minimum absolute atomic E-state index is 0.0353. The van der Waals surface area contributed by atoms with Gasteiger partial charge in [0.2, 0.25) is 12.3 Å². The molecule has 1 aromatic carbocycles. The van der Waals surface area contributed by atoms with Crippen LogP contribution in [0.1, 0.15) is 19.8 Å². The highest BCUT2D eigenvalue weighted by Crippen LogP contribution is 2.72. The van der Waals surface area contributed by atoms with Crippen molar-refractivity contribution in [2.24, 2.45) is 29.1 Å². The van der Waals surface area contributed by atoms with Gasteiger partial charge in [-0.25, -0.2) is 0 Å². The maximum absolute atomic E-state index is 13.0. The summed E-state index contributed by atoms with van der Waals surface area (Å²) in [6.07, 6.45) is 7.67. The molecule has 0 aromatic heterocycles. The van der Waals surface area contributed by atoms with E-state index in [1.165, 1.54) is 17.7 Å². The SMILES string of the molecule is C[C@@H]1[C@@H](C(=O)N(C=O)c2ccccc2)[C@H]2C=C[C@H]1C21CC1.